The second kappa shape index (κ2) is 6890. The van der Waals surface area contributed by atoms with Crippen LogP contribution in [0.1, 0.15) is 28.7 Å². The quantitative estimate of drug-likeness (QED) is 0.421. The third-order valence-electron chi connectivity index (χ3n) is 0. The molecule has 0 nitrogen and oxygen atoms in total. The third kappa shape index (κ3) is 2990. The van der Waals surface area contributed by atoms with Gasteiger partial charge in [0.1, 0.15) is 0 Å². The van der Waals surface area contributed by atoms with Gasteiger partial charge in [-0.15, -0.1) is 0 Å². The normalized spacial score (nSPS) is 1.20. The Morgan fingerprint density at radius 3 is 0.800 bits per heavy atom. The lowest BCUT2D eigenvalue weighted by Gasteiger charge is -1.07. The molecule has 0 aliphatic rings. The summed E-state index contributed by atoms with van der Waals surface area (Å²) >= 11 is 0. The molecule has 0 saturated heterocycles. The fraction of sp³-hybridized carbons (Fsp3) is 1.00. The van der Waals surface area contributed by atoms with Crippen LogP contribution in [0.3, 0.4) is 0 Å². The highest BCUT2D eigenvalue weighted by Crippen LogP contribution is 1.14. The van der Waals surface area contributed by atoms with Gasteiger partial charge >= 0.3 is 0 Å². The highest BCUT2D eigenvalue weighted by atomic mass is 19.0. The molecule has 0 atom stereocenters. The molecule has 0 rings (SSSR count). The first-order valence-corrected chi connectivity index (χ1v) is 1.00. The molecule has 0 fully saturated rings. The van der Waals surface area contributed by atoms with Crippen molar-refractivity contribution in [3.63, 3.8) is 0 Å². The van der Waals surface area contributed by atoms with Gasteiger partial charge in [0.05, 0.1) is 0 Å². The monoisotopic (exact) mass is 82.1 g/mol. The lowest BCUT2D eigenvalue weighted by atomic mass is 11.0. The van der Waals surface area contributed by atoms with Gasteiger partial charge in [0.2, 0.25) is 0 Å². The molecule has 0 saturated carbocycles. The van der Waals surface area contributed by atoms with Crippen molar-refractivity contribution in [3.8, 4) is 0 Å². The van der Waals surface area contributed by atoms with Crippen molar-refractivity contribution in [1.29, 1.82) is 0 Å². The van der Waals surface area contributed by atoms with E-state index < -0.39 is 0 Å². The van der Waals surface area contributed by atoms with Crippen LogP contribution in [0.4, 0.5) is 4.70 Å². The van der Waals surface area contributed by atoms with Gasteiger partial charge < -0.3 is 0 Å². The Hall–Kier alpha value is -0.0700. The van der Waals surface area contributed by atoms with E-state index in [0.717, 1.165) is 0 Å². The van der Waals surface area contributed by atoms with E-state index in [2.05, 4.69) is 0 Å². The summed E-state index contributed by atoms with van der Waals surface area (Å²) in [5.74, 6) is 0. The minimum absolute atomic E-state index is 0. The van der Waals surface area contributed by atoms with Crippen LogP contribution in [0.5, 0.6) is 0 Å². The molecule has 0 aromatic rings. The van der Waals surface area contributed by atoms with E-state index in [1.807, 2.05) is 13.8 Å². The Morgan fingerprint density at radius 2 is 0.800 bits per heavy atom. The molecule has 0 radical (unpaired) electrons. The molecule has 0 bridgehead atoms. The summed E-state index contributed by atoms with van der Waals surface area (Å²) in [6, 6.07) is 0. The van der Waals surface area contributed by atoms with Gasteiger partial charge in [-0.2, -0.15) is 0 Å². The van der Waals surface area contributed by atoms with Crippen molar-refractivity contribution < 1.29 is 4.70 Å². The first kappa shape index (κ1) is 88.0. The van der Waals surface area contributed by atoms with Crippen LogP contribution >= 0.6 is 0 Å². The maximum absolute atomic E-state index is 2.00. The van der Waals surface area contributed by atoms with Crippen LogP contribution in [-0.4, -0.2) is 0 Å². The first-order valence-electron chi connectivity index (χ1n) is 1.00. The minimum atomic E-state index is 0. The van der Waals surface area contributed by atoms with Crippen LogP contribution < -0.4 is 0 Å². The first-order chi connectivity index (χ1) is 1.00. The zero-order valence-electron chi connectivity index (χ0n) is 2.41. The molecule has 0 unspecified atom stereocenters. The molecule has 0 N–H and O–H groups in total. The molecule has 0 heterocycles. The maximum Gasteiger partial charge on any atom is -0.0683 e. The fourth-order valence-corrected chi connectivity index (χ4v) is 0. The number of halogens is 1. The van der Waals surface area contributed by atoms with E-state index in [1.54, 1.807) is 0 Å². The molecule has 0 aromatic carbocycles. The van der Waals surface area contributed by atoms with Crippen LogP contribution in [0.15, 0.2) is 0 Å². The van der Waals surface area contributed by atoms with Crippen molar-refractivity contribution in [3.05, 3.63) is 0 Å². The van der Waals surface area contributed by atoms with Gasteiger partial charge in [0, 0.05) is 0 Å². The Labute approximate surface area is 34.6 Å². The van der Waals surface area contributed by atoms with E-state index >= 15 is 0 Å². The molecule has 0 spiro atoms. The van der Waals surface area contributed by atoms with Crippen LogP contribution in [-0.2, 0) is 0 Å². The number of rotatable bonds is 0. The van der Waals surface area contributed by atoms with Gasteiger partial charge in [0.15, 0.2) is 0 Å². The van der Waals surface area contributed by atoms with E-state index in [-0.39, 0.29) is 19.6 Å². The summed E-state index contributed by atoms with van der Waals surface area (Å²) < 4.78 is 0. The van der Waals surface area contributed by atoms with Gasteiger partial charge in [-0.05, 0) is 0 Å². The average Bonchev–Trinajstić information content (AvgIpc) is 1.00. The zero-order valence-corrected chi connectivity index (χ0v) is 2.41. The lowest BCUT2D eigenvalue weighted by molar-refractivity contribution is 1.11. The summed E-state index contributed by atoms with van der Waals surface area (Å²) in [7, 11) is 0. The standard InChI is InChI=1S/C2H6.2CH4.FH/c1-2;;;/h1-2H3;2*1H4;1H. The Morgan fingerprint density at radius 1 is 0.800 bits per heavy atom. The fourth-order valence-electron chi connectivity index (χ4n) is 0. The second-order valence-electron chi connectivity index (χ2n) is 0. The van der Waals surface area contributed by atoms with Crippen molar-refractivity contribution >= 4 is 0 Å². The van der Waals surface area contributed by atoms with E-state index in [9.17, 15) is 0 Å². The molecule has 5 heavy (non-hydrogen) atoms. The third-order valence-corrected chi connectivity index (χ3v) is 0. The molecule has 0 amide bonds. The largest absolute Gasteiger partial charge is 0.269 e. The predicted molar refractivity (Wildman–Crippen MR) is 27.3 cm³/mol. The Kier molecular flexibility index (Phi) is 121000. The van der Waals surface area contributed by atoms with E-state index in [0.29, 0.717) is 0 Å². The van der Waals surface area contributed by atoms with E-state index in [1.165, 1.54) is 0 Å². The minimum Gasteiger partial charge on any atom is -0.269 e. The average molecular weight is 82.2 g/mol. The zero-order chi connectivity index (χ0) is 2.00. The van der Waals surface area contributed by atoms with Gasteiger partial charge in [-0.3, -0.25) is 4.70 Å². The summed E-state index contributed by atoms with van der Waals surface area (Å²) in [6.45, 7) is 4.00. The van der Waals surface area contributed by atoms with Crippen molar-refractivity contribution in [1.82, 2.24) is 0 Å². The van der Waals surface area contributed by atoms with Crippen LogP contribution in [0.25, 0.3) is 0 Å². The molecule has 38 valence electrons. The Balaban J connectivity index is -0.00000000167. The van der Waals surface area contributed by atoms with Crippen LogP contribution in [0, 0.1) is 0 Å². The number of hydrogen-bond donors (Lipinski definition) is 0. The van der Waals surface area contributed by atoms with Crippen molar-refractivity contribution in [2.75, 3.05) is 0 Å². The maximum atomic E-state index is 2.00. The lowest BCUT2D eigenvalue weighted by Crippen LogP contribution is -0.856. The summed E-state index contributed by atoms with van der Waals surface area (Å²) in [6.07, 6.45) is 0. The van der Waals surface area contributed by atoms with Gasteiger partial charge in [-0.25, -0.2) is 0 Å². The molecular formula is C4H15F. The summed E-state index contributed by atoms with van der Waals surface area (Å²) in [4.78, 5) is 0. The van der Waals surface area contributed by atoms with Gasteiger partial charge in [-0.1, -0.05) is 28.7 Å². The second-order valence-corrected chi connectivity index (χ2v) is 0. The highest BCUT2D eigenvalue weighted by molar-refractivity contribution is 3.50. The summed E-state index contributed by atoms with van der Waals surface area (Å²) in [5, 5.41) is 0. The smallest absolute Gasteiger partial charge is 0.0683 e. The van der Waals surface area contributed by atoms with Gasteiger partial charge in [0.25, 0.3) is 0 Å². The molecule has 0 aliphatic heterocycles. The van der Waals surface area contributed by atoms with E-state index in [4.69, 9.17) is 0 Å². The predicted octanol–water partition coefficient (Wildman–Crippen LogP) is 2.45. The molecule has 0 aromatic heterocycles. The molecule has 1 heteroatoms. The SMILES string of the molecule is C.C.CC.F. The summed E-state index contributed by atoms with van der Waals surface area (Å²) in [5.41, 5.74) is 0. The topological polar surface area (TPSA) is 0 Å². The molecular weight excluding hydrogens is 67.0 g/mol. The van der Waals surface area contributed by atoms with Crippen LogP contribution in [0.2, 0.25) is 0 Å². The highest BCUT2D eigenvalue weighted by Gasteiger charge is 0.932. The van der Waals surface area contributed by atoms with Crippen molar-refractivity contribution in [2.24, 2.45) is 0 Å². The molecule has 0 aliphatic carbocycles. The number of hydrogen-bond acceptors (Lipinski definition) is 0. The van der Waals surface area contributed by atoms with Crippen molar-refractivity contribution in [2.45, 2.75) is 28.7 Å². The Bertz CT molecular complexity index is 3.61.